The standard InChI is InChI=1S/C16H19N3O4S/c1-12-16(11-17-23-12)24(21,22)19(4)14-7-5-6-13(10-14)15(20)8-9-18(2)3/h5-11H,1-4H3. The lowest BCUT2D eigenvalue weighted by molar-refractivity contribution is 0.104. The van der Waals surface area contributed by atoms with Crippen molar-refractivity contribution in [2.75, 3.05) is 25.4 Å². The number of nitrogens with zero attached hydrogens (tertiary/aromatic N) is 3. The second-order valence-corrected chi connectivity index (χ2v) is 7.35. The molecule has 0 aliphatic carbocycles. The maximum Gasteiger partial charge on any atom is 0.269 e. The first-order valence-electron chi connectivity index (χ1n) is 7.12. The number of benzene rings is 1. The van der Waals surface area contributed by atoms with Crippen LogP contribution >= 0.6 is 0 Å². The van der Waals surface area contributed by atoms with Crippen molar-refractivity contribution < 1.29 is 17.7 Å². The molecular weight excluding hydrogens is 330 g/mol. The number of hydrogen-bond acceptors (Lipinski definition) is 6. The molecule has 0 aliphatic rings. The van der Waals surface area contributed by atoms with E-state index in [1.807, 2.05) is 14.1 Å². The summed E-state index contributed by atoms with van der Waals surface area (Å²) in [5, 5.41) is 3.50. The van der Waals surface area contributed by atoms with Crippen LogP contribution in [-0.4, -0.2) is 45.4 Å². The van der Waals surface area contributed by atoms with Crippen molar-refractivity contribution in [3.05, 3.63) is 54.1 Å². The summed E-state index contributed by atoms with van der Waals surface area (Å²) in [4.78, 5) is 13.9. The van der Waals surface area contributed by atoms with Crippen molar-refractivity contribution >= 4 is 21.5 Å². The molecule has 128 valence electrons. The van der Waals surface area contributed by atoms with E-state index in [1.54, 1.807) is 29.3 Å². The normalized spacial score (nSPS) is 11.7. The molecule has 0 radical (unpaired) electrons. The zero-order valence-electron chi connectivity index (χ0n) is 13.9. The van der Waals surface area contributed by atoms with Gasteiger partial charge in [-0.3, -0.25) is 9.10 Å². The number of anilines is 1. The van der Waals surface area contributed by atoms with Gasteiger partial charge in [-0.05, 0) is 19.1 Å². The number of carbonyl (C=O) groups is 1. The summed E-state index contributed by atoms with van der Waals surface area (Å²) in [6, 6.07) is 6.42. The van der Waals surface area contributed by atoms with Gasteiger partial charge in [0, 0.05) is 39.0 Å². The molecule has 0 atom stereocenters. The smallest absolute Gasteiger partial charge is 0.269 e. The first-order valence-corrected chi connectivity index (χ1v) is 8.56. The Hall–Kier alpha value is -2.61. The van der Waals surface area contributed by atoms with E-state index < -0.39 is 10.0 Å². The molecule has 7 nitrogen and oxygen atoms in total. The number of carbonyl (C=O) groups excluding carboxylic acids is 1. The molecule has 2 aromatic rings. The Labute approximate surface area is 141 Å². The summed E-state index contributed by atoms with van der Waals surface area (Å²) in [5.41, 5.74) is 0.773. The molecule has 1 aromatic carbocycles. The van der Waals surface area contributed by atoms with Gasteiger partial charge in [0.1, 0.15) is 4.90 Å². The third-order valence-electron chi connectivity index (χ3n) is 3.36. The minimum absolute atomic E-state index is 0.00534. The quantitative estimate of drug-likeness (QED) is 0.586. The van der Waals surface area contributed by atoms with E-state index in [0.717, 1.165) is 10.5 Å². The van der Waals surface area contributed by atoms with Gasteiger partial charge in [0.25, 0.3) is 10.0 Å². The number of rotatable bonds is 6. The zero-order valence-corrected chi connectivity index (χ0v) is 14.7. The van der Waals surface area contributed by atoms with Gasteiger partial charge in [-0.1, -0.05) is 17.3 Å². The predicted octanol–water partition coefficient (Wildman–Crippen LogP) is 2.07. The molecule has 1 heterocycles. The highest BCUT2D eigenvalue weighted by molar-refractivity contribution is 7.92. The fourth-order valence-electron chi connectivity index (χ4n) is 1.99. The maximum atomic E-state index is 12.6. The summed E-state index contributed by atoms with van der Waals surface area (Å²) in [6.45, 7) is 1.53. The van der Waals surface area contributed by atoms with Crippen LogP contribution in [0.25, 0.3) is 0 Å². The van der Waals surface area contributed by atoms with Crippen LogP contribution in [-0.2, 0) is 10.0 Å². The topological polar surface area (TPSA) is 83.7 Å². The number of ketones is 1. The van der Waals surface area contributed by atoms with Crippen LogP contribution in [0.4, 0.5) is 5.69 Å². The van der Waals surface area contributed by atoms with Gasteiger partial charge in [-0.25, -0.2) is 8.42 Å². The highest BCUT2D eigenvalue weighted by atomic mass is 32.2. The number of aromatic nitrogens is 1. The SMILES string of the molecule is Cc1oncc1S(=O)(=O)N(C)c1cccc(C(=O)C=CN(C)C)c1. The number of hydrogen-bond donors (Lipinski definition) is 0. The van der Waals surface area contributed by atoms with Gasteiger partial charge < -0.3 is 9.42 Å². The molecule has 0 spiro atoms. The lowest BCUT2D eigenvalue weighted by Gasteiger charge is -2.19. The third kappa shape index (κ3) is 3.65. The second-order valence-electron chi connectivity index (χ2n) is 5.41. The van der Waals surface area contributed by atoms with Crippen LogP contribution in [0.2, 0.25) is 0 Å². The Balaban J connectivity index is 2.35. The van der Waals surface area contributed by atoms with Crippen LogP contribution in [0, 0.1) is 6.92 Å². The van der Waals surface area contributed by atoms with Gasteiger partial charge in [0.05, 0.1) is 11.9 Å². The summed E-state index contributed by atoms with van der Waals surface area (Å²) in [7, 11) is 1.22. The van der Waals surface area contributed by atoms with Crippen molar-refractivity contribution in [1.82, 2.24) is 10.1 Å². The largest absolute Gasteiger partial charge is 0.383 e. The van der Waals surface area contributed by atoms with Crippen LogP contribution in [0.5, 0.6) is 0 Å². The van der Waals surface area contributed by atoms with E-state index in [4.69, 9.17) is 4.52 Å². The van der Waals surface area contributed by atoms with Crippen molar-refractivity contribution in [2.45, 2.75) is 11.8 Å². The number of sulfonamides is 1. The van der Waals surface area contributed by atoms with Gasteiger partial charge >= 0.3 is 0 Å². The fourth-order valence-corrected chi connectivity index (χ4v) is 3.25. The third-order valence-corrected chi connectivity index (χ3v) is 5.24. The molecule has 0 unspecified atom stereocenters. The summed E-state index contributed by atoms with van der Waals surface area (Å²) >= 11 is 0. The second kappa shape index (κ2) is 6.88. The lowest BCUT2D eigenvalue weighted by atomic mass is 10.1. The average Bonchev–Trinajstić information content (AvgIpc) is 2.98. The molecule has 24 heavy (non-hydrogen) atoms. The van der Waals surface area contributed by atoms with Crippen molar-refractivity contribution in [2.24, 2.45) is 0 Å². The van der Waals surface area contributed by atoms with Gasteiger partial charge in [-0.2, -0.15) is 0 Å². The van der Waals surface area contributed by atoms with Gasteiger partial charge in [0.15, 0.2) is 11.5 Å². The van der Waals surface area contributed by atoms with E-state index >= 15 is 0 Å². The van der Waals surface area contributed by atoms with Gasteiger partial charge in [-0.15, -0.1) is 0 Å². The number of allylic oxidation sites excluding steroid dienone is 1. The summed E-state index contributed by atoms with van der Waals surface area (Å²) < 4.78 is 31.2. The van der Waals surface area contributed by atoms with Crippen LogP contribution < -0.4 is 4.31 Å². The maximum absolute atomic E-state index is 12.6. The molecule has 1 aromatic heterocycles. The summed E-state index contributed by atoms with van der Waals surface area (Å²) in [5.74, 6) is 0.000466. The van der Waals surface area contributed by atoms with E-state index in [0.29, 0.717) is 11.3 Å². The fraction of sp³-hybridized carbons (Fsp3) is 0.250. The van der Waals surface area contributed by atoms with Gasteiger partial charge in [0.2, 0.25) is 0 Å². The average molecular weight is 349 g/mol. The monoisotopic (exact) mass is 349 g/mol. The van der Waals surface area contributed by atoms with Crippen LogP contribution in [0.15, 0.2) is 52.2 Å². The molecule has 8 heteroatoms. The van der Waals surface area contributed by atoms with Crippen LogP contribution in [0.3, 0.4) is 0 Å². The van der Waals surface area contributed by atoms with Crippen LogP contribution in [0.1, 0.15) is 16.1 Å². The first-order chi connectivity index (χ1) is 11.2. The highest BCUT2D eigenvalue weighted by Gasteiger charge is 2.26. The molecule has 0 aliphatic heterocycles. The molecule has 2 rings (SSSR count). The molecule has 0 N–H and O–H groups in total. The van der Waals surface area contributed by atoms with Crippen molar-refractivity contribution in [3.8, 4) is 0 Å². The molecule has 0 bridgehead atoms. The van der Waals surface area contributed by atoms with Crippen molar-refractivity contribution in [1.29, 1.82) is 0 Å². The Morgan fingerprint density at radius 3 is 2.54 bits per heavy atom. The Bertz CT molecular complexity index is 869. The molecule has 0 saturated carbocycles. The minimum Gasteiger partial charge on any atom is -0.383 e. The number of aryl methyl sites for hydroxylation is 1. The predicted molar refractivity (Wildman–Crippen MR) is 90.4 cm³/mol. The Kier molecular flexibility index (Phi) is 5.08. The molecule has 0 amide bonds. The van der Waals surface area contributed by atoms with Crippen molar-refractivity contribution in [3.63, 3.8) is 0 Å². The minimum atomic E-state index is -3.81. The highest BCUT2D eigenvalue weighted by Crippen LogP contribution is 2.24. The molecule has 0 fully saturated rings. The lowest BCUT2D eigenvalue weighted by Crippen LogP contribution is -2.26. The first kappa shape index (κ1) is 17.7. The Morgan fingerprint density at radius 2 is 1.96 bits per heavy atom. The van der Waals surface area contributed by atoms with E-state index in [2.05, 4.69) is 5.16 Å². The van der Waals surface area contributed by atoms with E-state index in [9.17, 15) is 13.2 Å². The summed E-state index contributed by atoms with van der Waals surface area (Å²) in [6.07, 6.45) is 4.23. The Morgan fingerprint density at radius 1 is 1.25 bits per heavy atom. The van der Waals surface area contributed by atoms with E-state index in [-0.39, 0.29) is 16.4 Å². The zero-order chi connectivity index (χ0) is 17.9. The molecular formula is C16H19N3O4S. The van der Waals surface area contributed by atoms with E-state index in [1.165, 1.54) is 26.1 Å². The molecule has 0 saturated heterocycles.